The van der Waals surface area contributed by atoms with Crippen LogP contribution in [0.5, 0.6) is 0 Å². The van der Waals surface area contributed by atoms with Gasteiger partial charge in [0.1, 0.15) is 0 Å². The van der Waals surface area contributed by atoms with Crippen LogP contribution in [-0.4, -0.2) is 51.6 Å². The van der Waals surface area contributed by atoms with E-state index in [0.29, 0.717) is 0 Å². The second-order valence-electron chi connectivity index (χ2n) is 6.98. The number of rotatable bonds is 16. The zero-order chi connectivity index (χ0) is 17.6. The molecule has 0 saturated carbocycles. The van der Waals surface area contributed by atoms with Crippen molar-refractivity contribution in [3.63, 3.8) is 0 Å². The molecule has 140 valence electrons. The number of unbranched alkanes of at least 4 members (excludes halogenated alkanes) is 4. The summed E-state index contributed by atoms with van der Waals surface area (Å²) >= 11 is -5.85. The molecule has 0 bridgehead atoms. The third-order valence-corrected chi connectivity index (χ3v) is 35.1. The van der Waals surface area contributed by atoms with E-state index >= 15 is 0 Å². The van der Waals surface area contributed by atoms with Gasteiger partial charge in [0.25, 0.3) is 0 Å². The Morgan fingerprint density at radius 2 is 0.913 bits per heavy atom. The standard InChI is InChI=1S/2C4H9O.2C4H9.2CH3.O.2Sn/c2*1-2-3-4-5;2*1-3-4-2;;;;;/h2*2-4H2,1H3;2*1,3-4H2,2H3;2*1H3;;;/q2*-1;;;;;;2*+1. The fourth-order valence-corrected chi connectivity index (χ4v) is 39.6. The van der Waals surface area contributed by atoms with E-state index in [2.05, 4.69) is 37.6 Å². The summed E-state index contributed by atoms with van der Waals surface area (Å²) in [6, 6.07) is 0. The predicted octanol–water partition coefficient (Wildman–Crippen LogP) is 6.38. The molecule has 5 heteroatoms. The van der Waals surface area contributed by atoms with Crippen LogP contribution in [0.25, 0.3) is 0 Å². The molecule has 0 fully saturated rings. The van der Waals surface area contributed by atoms with E-state index in [-0.39, 0.29) is 0 Å². The quantitative estimate of drug-likeness (QED) is 0.167. The van der Waals surface area contributed by atoms with E-state index in [1.807, 2.05) is 0 Å². The third-order valence-electron chi connectivity index (χ3n) is 4.21. The predicted molar refractivity (Wildman–Crippen MR) is 105 cm³/mol. The molecule has 0 aromatic rings. The van der Waals surface area contributed by atoms with Gasteiger partial charge < -0.3 is 0 Å². The molecule has 0 aliphatic carbocycles. The number of hydrogen-bond donors (Lipinski definition) is 0. The Morgan fingerprint density at radius 1 is 0.565 bits per heavy atom. The van der Waals surface area contributed by atoms with Gasteiger partial charge in [0.2, 0.25) is 0 Å². The SMILES string of the molecule is CCCC[O][Sn]([CH3])([CH2]CCC)[O][Sn]([CH3])([CH2]CCC)[O]CCCC. The van der Waals surface area contributed by atoms with Crippen molar-refractivity contribution in [2.24, 2.45) is 0 Å². The molecule has 2 unspecified atom stereocenters. The summed E-state index contributed by atoms with van der Waals surface area (Å²) in [5, 5.41) is 0. The molecule has 0 heterocycles. The van der Waals surface area contributed by atoms with Crippen LogP contribution < -0.4 is 0 Å². The summed E-state index contributed by atoms with van der Waals surface area (Å²) in [4.78, 5) is 4.70. The first-order valence-corrected chi connectivity index (χ1v) is 24.3. The molecule has 0 aromatic carbocycles. The Hall–Kier alpha value is 1.48. The summed E-state index contributed by atoms with van der Waals surface area (Å²) < 4.78 is 22.1. The van der Waals surface area contributed by atoms with Crippen molar-refractivity contribution in [2.75, 3.05) is 13.2 Å². The summed E-state index contributed by atoms with van der Waals surface area (Å²) in [6.07, 6.45) is 9.63. The molecule has 0 aliphatic rings. The van der Waals surface area contributed by atoms with Crippen molar-refractivity contribution in [1.29, 1.82) is 0 Å². The molecule has 0 aromatic heterocycles. The molecule has 0 rings (SSSR count). The Kier molecular flexibility index (Phi) is 15.6. The first-order chi connectivity index (χ1) is 10.9. The van der Waals surface area contributed by atoms with E-state index in [0.717, 1.165) is 26.1 Å². The summed E-state index contributed by atoms with van der Waals surface area (Å²) in [5.41, 5.74) is 0. The van der Waals surface area contributed by atoms with Crippen molar-refractivity contribution in [1.82, 2.24) is 0 Å². The maximum absolute atomic E-state index is 6.90. The van der Waals surface area contributed by atoms with Crippen molar-refractivity contribution in [3.8, 4) is 0 Å². The zero-order valence-electron chi connectivity index (χ0n) is 16.7. The minimum absolute atomic E-state index is 0.886. The Morgan fingerprint density at radius 3 is 1.22 bits per heavy atom. The van der Waals surface area contributed by atoms with Crippen LogP contribution >= 0.6 is 0 Å². The van der Waals surface area contributed by atoms with Crippen molar-refractivity contribution in [3.05, 3.63) is 0 Å². The van der Waals surface area contributed by atoms with Crippen LogP contribution in [0.1, 0.15) is 79.1 Å². The second-order valence-corrected chi connectivity index (χ2v) is 28.9. The van der Waals surface area contributed by atoms with Crippen LogP contribution in [0.4, 0.5) is 0 Å². The van der Waals surface area contributed by atoms with Gasteiger partial charge >= 0.3 is 157 Å². The average Bonchev–Trinajstić information content (AvgIpc) is 2.52. The van der Waals surface area contributed by atoms with Crippen molar-refractivity contribution >= 4 is 38.4 Å². The average molecular weight is 544 g/mol. The van der Waals surface area contributed by atoms with Gasteiger partial charge in [0, 0.05) is 0 Å². The maximum atomic E-state index is 6.90. The Labute approximate surface area is 156 Å². The fourth-order valence-electron chi connectivity index (χ4n) is 2.62. The molecule has 0 spiro atoms. The van der Waals surface area contributed by atoms with Gasteiger partial charge in [-0.25, -0.2) is 0 Å². The molecule has 0 aliphatic heterocycles. The van der Waals surface area contributed by atoms with Crippen LogP contribution in [0, 0.1) is 0 Å². The molecule has 0 N–H and O–H groups in total. The van der Waals surface area contributed by atoms with Gasteiger partial charge in [-0.05, 0) is 0 Å². The van der Waals surface area contributed by atoms with E-state index in [1.165, 1.54) is 47.4 Å². The first-order valence-electron chi connectivity index (χ1n) is 9.93. The van der Waals surface area contributed by atoms with Gasteiger partial charge in [-0.3, -0.25) is 0 Å². The zero-order valence-corrected chi connectivity index (χ0v) is 22.4. The van der Waals surface area contributed by atoms with E-state index in [9.17, 15) is 0 Å². The van der Waals surface area contributed by atoms with Gasteiger partial charge in [0.05, 0.1) is 0 Å². The molecular weight excluding hydrogens is 502 g/mol. The van der Waals surface area contributed by atoms with Gasteiger partial charge in [-0.2, -0.15) is 0 Å². The van der Waals surface area contributed by atoms with Crippen molar-refractivity contribution in [2.45, 2.75) is 97.8 Å². The molecule has 0 amide bonds. The van der Waals surface area contributed by atoms with Crippen LogP contribution in [-0.2, 0) is 7.56 Å². The minimum atomic E-state index is -2.92. The molecule has 2 atom stereocenters. The van der Waals surface area contributed by atoms with Crippen molar-refractivity contribution < 1.29 is 7.56 Å². The summed E-state index contributed by atoms with van der Waals surface area (Å²) in [7, 11) is 0. The third kappa shape index (κ3) is 12.5. The van der Waals surface area contributed by atoms with Gasteiger partial charge in [0.15, 0.2) is 0 Å². The van der Waals surface area contributed by atoms with Crippen LogP contribution in [0.15, 0.2) is 0 Å². The van der Waals surface area contributed by atoms with Gasteiger partial charge in [-0.15, -0.1) is 0 Å². The van der Waals surface area contributed by atoms with E-state index in [1.54, 1.807) is 0 Å². The van der Waals surface area contributed by atoms with E-state index < -0.39 is 38.4 Å². The Bertz CT molecular complexity index is 253. The van der Waals surface area contributed by atoms with Crippen LogP contribution in [0.3, 0.4) is 0 Å². The number of hydrogen-bond acceptors (Lipinski definition) is 3. The molecule has 3 nitrogen and oxygen atoms in total. The second kappa shape index (κ2) is 14.6. The first kappa shape index (κ1) is 24.5. The van der Waals surface area contributed by atoms with E-state index in [4.69, 9.17) is 7.56 Å². The molecule has 0 saturated heterocycles. The van der Waals surface area contributed by atoms with Crippen LogP contribution in [0.2, 0.25) is 18.8 Å². The monoisotopic (exact) mass is 546 g/mol. The molecule has 23 heavy (non-hydrogen) atoms. The Balaban J connectivity index is 4.83. The summed E-state index contributed by atoms with van der Waals surface area (Å²) in [5.74, 6) is 0. The summed E-state index contributed by atoms with van der Waals surface area (Å²) in [6.45, 7) is 10.7. The van der Waals surface area contributed by atoms with Gasteiger partial charge in [-0.1, -0.05) is 0 Å². The molecule has 0 radical (unpaired) electrons. The fraction of sp³-hybridized carbons (Fsp3) is 1.00. The molecular formula is C18H42O3Sn2. The topological polar surface area (TPSA) is 27.7 Å². The normalized spacial score (nSPS) is 17.0.